The molecule has 1 fully saturated rings. The van der Waals surface area contributed by atoms with Crippen molar-refractivity contribution in [3.8, 4) is 17.2 Å². The van der Waals surface area contributed by atoms with Crippen LogP contribution >= 0.6 is 0 Å². The average molecular weight is 584 g/mol. The van der Waals surface area contributed by atoms with E-state index in [9.17, 15) is 14.4 Å². The Morgan fingerprint density at radius 1 is 1.09 bits per heavy atom. The van der Waals surface area contributed by atoms with E-state index in [4.69, 9.17) is 14.2 Å². The van der Waals surface area contributed by atoms with Gasteiger partial charge in [0.1, 0.15) is 17.7 Å². The van der Waals surface area contributed by atoms with Gasteiger partial charge in [0.05, 0.1) is 30.6 Å². The molecule has 7 rings (SSSR count). The van der Waals surface area contributed by atoms with Crippen LogP contribution in [0.2, 0.25) is 0 Å². The number of piperidine rings is 1. The number of hydrogen-bond donors (Lipinski definition) is 3. The average Bonchev–Trinajstić information content (AvgIpc) is 3.39. The smallest absolute Gasteiger partial charge is 0.258 e. The van der Waals surface area contributed by atoms with Crippen LogP contribution in [0.5, 0.6) is 17.2 Å². The van der Waals surface area contributed by atoms with E-state index in [0.29, 0.717) is 36.6 Å². The minimum Gasteiger partial charge on any atom is -0.493 e. The highest BCUT2D eigenvalue weighted by Gasteiger charge is 2.34. The summed E-state index contributed by atoms with van der Waals surface area (Å²) >= 11 is 0. The summed E-state index contributed by atoms with van der Waals surface area (Å²) < 4.78 is 17.5. The van der Waals surface area contributed by atoms with Crippen molar-refractivity contribution in [3.05, 3.63) is 83.2 Å². The van der Waals surface area contributed by atoms with E-state index in [-0.39, 0.29) is 49.1 Å². The molecule has 4 heterocycles. The quantitative estimate of drug-likeness (QED) is 0.338. The number of aromatic nitrogens is 2. The van der Waals surface area contributed by atoms with Crippen LogP contribution in [-0.2, 0) is 22.6 Å². The van der Waals surface area contributed by atoms with Gasteiger partial charge in [-0.1, -0.05) is 18.2 Å². The van der Waals surface area contributed by atoms with Crippen molar-refractivity contribution in [2.24, 2.45) is 0 Å². The number of carbonyl (C=O) groups excluding carboxylic acids is 3. The first-order valence-electron chi connectivity index (χ1n) is 14.2. The predicted octanol–water partition coefficient (Wildman–Crippen LogP) is 2.91. The number of aromatic amines is 1. The van der Waals surface area contributed by atoms with Crippen LogP contribution in [0.3, 0.4) is 0 Å². The highest BCUT2D eigenvalue weighted by molar-refractivity contribution is 5.95. The van der Waals surface area contributed by atoms with Gasteiger partial charge in [0.15, 0.2) is 18.1 Å². The number of fused-ring (bicyclic) bond motifs is 8. The van der Waals surface area contributed by atoms with E-state index >= 15 is 0 Å². The van der Waals surface area contributed by atoms with Gasteiger partial charge in [0.25, 0.3) is 11.8 Å². The highest BCUT2D eigenvalue weighted by atomic mass is 16.5. The van der Waals surface area contributed by atoms with Crippen LogP contribution < -0.4 is 24.8 Å². The van der Waals surface area contributed by atoms with Crippen molar-refractivity contribution in [2.45, 2.75) is 38.5 Å². The van der Waals surface area contributed by atoms with Crippen LogP contribution in [0.1, 0.15) is 33.7 Å². The SMILES string of the molecule is COc1ccc2cc1OCC(=O)NCc1ccc(cc1)O[C@@H]1CCN(C(=O)Cc3ccc4nc(C)[nH]c4c3)C[C@@H]1NC2=O. The largest absolute Gasteiger partial charge is 0.493 e. The van der Waals surface area contributed by atoms with Crippen LogP contribution in [0.25, 0.3) is 11.0 Å². The maximum atomic E-state index is 13.5. The Morgan fingerprint density at radius 2 is 1.93 bits per heavy atom. The highest BCUT2D eigenvalue weighted by Crippen LogP contribution is 2.29. The maximum Gasteiger partial charge on any atom is 0.258 e. The molecule has 3 amide bonds. The van der Waals surface area contributed by atoms with E-state index in [1.807, 2.05) is 49.4 Å². The van der Waals surface area contributed by atoms with Crippen molar-refractivity contribution in [1.29, 1.82) is 0 Å². The van der Waals surface area contributed by atoms with Gasteiger partial charge < -0.3 is 34.7 Å². The Kier molecular flexibility index (Phi) is 7.86. The molecule has 0 radical (unpaired) electrons. The molecular formula is C32H33N5O6. The van der Waals surface area contributed by atoms with E-state index in [0.717, 1.165) is 28.0 Å². The van der Waals surface area contributed by atoms with E-state index < -0.39 is 6.04 Å². The molecule has 3 N–H and O–H groups in total. The first-order valence-corrected chi connectivity index (χ1v) is 14.2. The molecule has 43 heavy (non-hydrogen) atoms. The third kappa shape index (κ3) is 6.40. The second-order valence-electron chi connectivity index (χ2n) is 10.8. The number of benzene rings is 3. The van der Waals surface area contributed by atoms with Gasteiger partial charge >= 0.3 is 0 Å². The first kappa shape index (κ1) is 28.1. The zero-order chi connectivity index (χ0) is 29.9. The fraction of sp³-hybridized carbons (Fsp3) is 0.312. The molecule has 3 aliphatic rings. The number of hydrogen-bond acceptors (Lipinski definition) is 7. The summed E-state index contributed by atoms with van der Waals surface area (Å²) in [7, 11) is 1.49. The lowest BCUT2D eigenvalue weighted by Crippen LogP contribution is -2.58. The predicted molar refractivity (Wildman–Crippen MR) is 158 cm³/mol. The number of nitrogens with one attached hydrogen (secondary N) is 3. The van der Waals surface area contributed by atoms with Gasteiger partial charge in [0, 0.05) is 31.6 Å². The molecule has 11 nitrogen and oxygen atoms in total. The summed E-state index contributed by atoms with van der Waals surface area (Å²) in [4.78, 5) is 48.8. The van der Waals surface area contributed by atoms with Gasteiger partial charge in [-0.2, -0.15) is 0 Å². The minimum atomic E-state index is -0.479. The molecule has 1 aromatic heterocycles. The monoisotopic (exact) mass is 583 g/mol. The van der Waals surface area contributed by atoms with Gasteiger partial charge in [-0.15, -0.1) is 0 Å². The third-order valence-electron chi connectivity index (χ3n) is 7.72. The summed E-state index contributed by atoms with van der Waals surface area (Å²) in [5.74, 6) is 1.44. The molecular weight excluding hydrogens is 550 g/mol. The molecule has 11 heteroatoms. The van der Waals surface area contributed by atoms with Gasteiger partial charge in [-0.3, -0.25) is 14.4 Å². The Bertz CT molecular complexity index is 1670. The molecule has 4 bridgehead atoms. The van der Waals surface area contributed by atoms with Crippen molar-refractivity contribution < 1.29 is 28.6 Å². The molecule has 0 aliphatic carbocycles. The lowest BCUT2D eigenvalue weighted by Gasteiger charge is -2.39. The van der Waals surface area contributed by atoms with Gasteiger partial charge in [0.2, 0.25) is 5.91 Å². The molecule has 0 saturated carbocycles. The van der Waals surface area contributed by atoms with Crippen molar-refractivity contribution in [1.82, 2.24) is 25.5 Å². The van der Waals surface area contributed by atoms with E-state index in [2.05, 4.69) is 20.6 Å². The Morgan fingerprint density at radius 3 is 2.74 bits per heavy atom. The van der Waals surface area contributed by atoms with E-state index in [1.54, 1.807) is 23.1 Å². The number of nitrogens with zero attached hydrogens (tertiary/aromatic N) is 2. The number of methoxy groups -OCH3 is 1. The minimum absolute atomic E-state index is 0.0340. The lowest BCUT2D eigenvalue weighted by molar-refractivity contribution is -0.133. The number of ether oxygens (including phenoxy) is 3. The molecule has 1 saturated heterocycles. The Balaban J connectivity index is 1.24. The second kappa shape index (κ2) is 12.0. The molecule has 3 aromatic carbocycles. The number of amides is 3. The molecule has 0 spiro atoms. The van der Waals surface area contributed by atoms with Crippen molar-refractivity contribution in [3.63, 3.8) is 0 Å². The standard InChI is InChI=1S/C32H33N5O6/c1-19-34-24-9-5-21(13-25(24)35-19)14-31(39)37-12-11-27-26(17-37)36-32(40)22-6-10-28(41-2)29(15-22)42-18-30(38)33-16-20-3-7-23(43-27)8-4-20/h3-10,13,15,26-27H,11-12,14,16-18H2,1-2H3,(H,33,38)(H,34,35)(H,36,40)/t26-,27+/m0/s1. The number of aryl methyl sites for hydroxylation is 1. The summed E-state index contributed by atoms with van der Waals surface area (Å²) in [6.45, 7) is 2.77. The first-order chi connectivity index (χ1) is 20.8. The zero-order valence-electron chi connectivity index (χ0n) is 24.0. The van der Waals surface area contributed by atoms with Crippen LogP contribution in [0.4, 0.5) is 0 Å². The number of carbonyl (C=O) groups is 3. The maximum absolute atomic E-state index is 13.5. The van der Waals surface area contributed by atoms with Gasteiger partial charge in [-0.05, 0) is 60.5 Å². The number of imidazole rings is 1. The van der Waals surface area contributed by atoms with Crippen LogP contribution in [0.15, 0.2) is 60.7 Å². The third-order valence-corrected chi connectivity index (χ3v) is 7.72. The normalized spacial score (nSPS) is 19.0. The lowest BCUT2D eigenvalue weighted by atomic mass is 9.99. The number of likely N-dealkylation sites (tertiary alicyclic amines) is 1. The van der Waals surface area contributed by atoms with Crippen LogP contribution in [0, 0.1) is 6.92 Å². The van der Waals surface area contributed by atoms with E-state index in [1.165, 1.54) is 7.11 Å². The van der Waals surface area contributed by atoms with Crippen LogP contribution in [-0.4, -0.2) is 71.5 Å². The van der Waals surface area contributed by atoms with Crippen molar-refractivity contribution in [2.75, 3.05) is 26.8 Å². The topological polar surface area (TPSA) is 135 Å². The summed E-state index contributed by atoms with van der Waals surface area (Å²) in [6.07, 6.45) is 0.394. The Labute approximate surface area is 248 Å². The fourth-order valence-corrected chi connectivity index (χ4v) is 5.46. The number of H-pyrrole nitrogens is 1. The second-order valence-corrected chi connectivity index (χ2v) is 10.8. The molecule has 4 aromatic rings. The molecule has 2 atom stereocenters. The Hall–Kier alpha value is -5.06. The number of rotatable bonds is 3. The fourth-order valence-electron chi connectivity index (χ4n) is 5.46. The molecule has 222 valence electrons. The van der Waals surface area contributed by atoms with Gasteiger partial charge in [-0.25, -0.2) is 4.98 Å². The summed E-state index contributed by atoms with van der Waals surface area (Å²) in [5, 5.41) is 5.92. The molecule has 0 unspecified atom stereocenters. The molecule has 3 aliphatic heterocycles. The van der Waals surface area contributed by atoms with Crippen molar-refractivity contribution >= 4 is 28.8 Å². The summed E-state index contributed by atoms with van der Waals surface area (Å²) in [5.41, 5.74) is 3.87. The summed E-state index contributed by atoms with van der Waals surface area (Å²) in [6, 6.07) is 17.5. The zero-order valence-corrected chi connectivity index (χ0v) is 24.0.